The van der Waals surface area contributed by atoms with Gasteiger partial charge in [-0.1, -0.05) is 0 Å². The first-order chi connectivity index (χ1) is 13.1. The molecule has 0 fully saturated rings. The van der Waals surface area contributed by atoms with Gasteiger partial charge in [0.1, 0.15) is 17.4 Å². The van der Waals surface area contributed by atoms with Crippen LogP contribution < -0.4 is 16.4 Å². The number of anilines is 2. The molecular formula is C17H13F5N4O2. The summed E-state index contributed by atoms with van der Waals surface area (Å²) in [6.07, 6.45) is -3.81. The zero-order chi connectivity index (χ0) is 20.6. The fraction of sp³-hybridized carbons (Fsp3) is 0.176. The molecule has 1 unspecified atom stereocenters. The monoisotopic (exact) mass is 400 g/mol. The summed E-state index contributed by atoms with van der Waals surface area (Å²) in [6, 6.07) is 0.233. The van der Waals surface area contributed by atoms with Crippen molar-refractivity contribution in [3.63, 3.8) is 0 Å². The maximum atomic E-state index is 13.9. The standard InChI is InChI=1S/C17H13F5N4O2/c1-7-10-4-8(18)5-11(19)14(10)28-13(7)15(17(20,21)22)26-16(27)25-9-2-3-12(23)24-6-9/h2-6,15H,1H3,(H2,23,24)(H2,25,26,27). The van der Waals surface area contributed by atoms with E-state index in [1.54, 1.807) is 5.32 Å². The normalized spacial score (nSPS) is 12.8. The topological polar surface area (TPSA) is 93.2 Å². The zero-order valence-electron chi connectivity index (χ0n) is 14.2. The van der Waals surface area contributed by atoms with Crippen molar-refractivity contribution >= 4 is 28.5 Å². The number of aromatic nitrogens is 1. The van der Waals surface area contributed by atoms with Crippen molar-refractivity contribution < 1.29 is 31.2 Å². The molecule has 3 rings (SSSR count). The fourth-order valence-corrected chi connectivity index (χ4v) is 2.61. The predicted molar refractivity (Wildman–Crippen MR) is 90.5 cm³/mol. The van der Waals surface area contributed by atoms with E-state index >= 15 is 0 Å². The Kier molecular flexibility index (Phi) is 4.84. The van der Waals surface area contributed by atoms with Crippen molar-refractivity contribution in [3.8, 4) is 0 Å². The van der Waals surface area contributed by atoms with Crippen LogP contribution in [0.1, 0.15) is 17.4 Å². The molecule has 11 heteroatoms. The van der Waals surface area contributed by atoms with Gasteiger partial charge in [-0.25, -0.2) is 18.6 Å². The lowest BCUT2D eigenvalue weighted by molar-refractivity contribution is -0.158. The van der Waals surface area contributed by atoms with Crippen LogP contribution in [0.4, 0.5) is 38.3 Å². The molecule has 0 saturated heterocycles. The molecule has 0 aliphatic rings. The number of nitrogen functional groups attached to an aromatic ring is 1. The first-order valence-electron chi connectivity index (χ1n) is 7.80. The van der Waals surface area contributed by atoms with Gasteiger partial charge < -0.3 is 20.8 Å². The molecule has 0 saturated carbocycles. The van der Waals surface area contributed by atoms with Gasteiger partial charge in [0.05, 0.1) is 11.9 Å². The van der Waals surface area contributed by atoms with E-state index in [1.807, 2.05) is 0 Å². The van der Waals surface area contributed by atoms with Crippen LogP contribution in [0.5, 0.6) is 0 Å². The molecule has 0 bridgehead atoms. The van der Waals surface area contributed by atoms with E-state index in [1.165, 1.54) is 19.1 Å². The summed E-state index contributed by atoms with van der Waals surface area (Å²) < 4.78 is 72.9. The Morgan fingerprint density at radius 1 is 1.25 bits per heavy atom. The number of nitrogens with one attached hydrogen (secondary N) is 2. The minimum atomic E-state index is -4.97. The van der Waals surface area contributed by atoms with Crippen molar-refractivity contribution in [2.75, 3.05) is 11.1 Å². The Morgan fingerprint density at radius 2 is 1.96 bits per heavy atom. The second-order valence-electron chi connectivity index (χ2n) is 5.90. The van der Waals surface area contributed by atoms with Crippen LogP contribution in [0.3, 0.4) is 0 Å². The lowest BCUT2D eigenvalue weighted by atomic mass is 10.1. The van der Waals surface area contributed by atoms with Crippen LogP contribution in [0, 0.1) is 18.6 Å². The number of halogens is 5. The highest BCUT2D eigenvalue weighted by molar-refractivity contribution is 5.90. The van der Waals surface area contributed by atoms with E-state index in [-0.39, 0.29) is 22.5 Å². The highest BCUT2D eigenvalue weighted by Gasteiger charge is 2.45. The maximum Gasteiger partial charge on any atom is 0.416 e. The number of carbonyl (C=O) groups is 1. The Bertz CT molecular complexity index is 1030. The summed E-state index contributed by atoms with van der Waals surface area (Å²) in [6.45, 7) is 1.21. The molecule has 2 heterocycles. The number of pyridine rings is 1. The minimum Gasteiger partial charge on any atom is -0.455 e. The molecule has 28 heavy (non-hydrogen) atoms. The van der Waals surface area contributed by atoms with Gasteiger partial charge in [0.25, 0.3) is 0 Å². The van der Waals surface area contributed by atoms with Gasteiger partial charge in [0.15, 0.2) is 17.4 Å². The van der Waals surface area contributed by atoms with Crippen LogP contribution in [-0.4, -0.2) is 17.2 Å². The molecular weight excluding hydrogens is 387 g/mol. The van der Waals surface area contributed by atoms with Crippen molar-refractivity contribution in [1.29, 1.82) is 0 Å². The number of fused-ring (bicyclic) bond motifs is 1. The van der Waals surface area contributed by atoms with Gasteiger partial charge in [0, 0.05) is 17.0 Å². The maximum absolute atomic E-state index is 13.9. The minimum absolute atomic E-state index is 0.0991. The Hall–Kier alpha value is -3.37. The highest BCUT2D eigenvalue weighted by atomic mass is 19.4. The molecule has 1 atom stereocenters. The number of aryl methyl sites for hydroxylation is 1. The molecule has 148 valence electrons. The van der Waals surface area contributed by atoms with Crippen molar-refractivity contribution in [1.82, 2.24) is 10.3 Å². The number of hydrogen-bond acceptors (Lipinski definition) is 4. The van der Waals surface area contributed by atoms with Crippen LogP contribution in [0.2, 0.25) is 0 Å². The van der Waals surface area contributed by atoms with Crippen LogP contribution in [0.15, 0.2) is 34.9 Å². The third kappa shape index (κ3) is 3.82. The molecule has 0 aliphatic heterocycles. The van der Waals surface area contributed by atoms with E-state index in [0.29, 0.717) is 6.07 Å². The van der Waals surface area contributed by atoms with E-state index in [0.717, 1.165) is 12.3 Å². The Balaban J connectivity index is 1.94. The van der Waals surface area contributed by atoms with Gasteiger partial charge >= 0.3 is 12.2 Å². The number of benzene rings is 1. The largest absolute Gasteiger partial charge is 0.455 e. The van der Waals surface area contributed by atoms with Crippen molar-refractivity contribution in [2.45, 2.75) is 19.1 Å². The average Bonchev–Trinajstić information content (AvgIpc) is 2.91. The van der Waals surface area contributed by atoms with Gasteiger partial charge in [0.2, 0.25) is 0 Å². The molecule has 4 N–H and O–H groups in total. The number of amides is 2. The van der Waals surface area contributed by atoms with Gasteiger partial charge in [-0.3, -0.25) is 0 Å². The van der Waals surface area contributed by atoms with Gasteiger partial charge in [-0.2, -0.15) is 13.2 Å². The van der Waals surface area contributed by atoms with Crippen LogP contribution in [-0.2, 0) is 0 Å². The summed E-state index contributed by atoms with van der Waals surface area (Å²) in [4.78, 5) is 15.7. The smallest absolute Gasteiger partial charge is 0.416 e. The quantitative estimate of drug-likeness (QED) is 0.568. The summed E-state index contributed by atoms with van der Waals surface area (Å²) in [5, 5.41) is 3.74. The number of carbonyl (C=O) groups excluding carboxylic acids is 1. The molecule has 0 radical (unpaired) electrons. The van der Waals surface area contributed by atoms with Gasteiger partial charge in [-0.05, 0) is 25.1 Å². The second kappa shape index (κ2) is 6.98. The molecule has 1 aromatic carbocycles. The average molecular weight is 400 g/mol. The van der Waals surface area contributed by atoms with E-state index in [9.17, 15) is 26.7 Å². The van der Waals surface area contributed by atoms with E-state index in [4.69, 9.17) is 10.2 Å². The van der Waals surface area contributed by atoms with Gasteiger partial charge in [-0.15, -0.1) is 0 Å². The Morgan fingerprint density at radius 3 is 2.57 bits per heavy atom. The zero-order valence-corrected chi connectivity index (χ0v) is 14.2. The summed E-state index contributed by atoms with van der Waals surface area (Å²) in [7, 11) is 0. The number of nitrogens with two attached hydrogens (primary N) is 1. The summed E-state index contributed by atoms with van der Waals surface area (Å²) in [5.41, 5.74) is 4.81. The lowest BCUT2D eigenvalue weighted by Gasteiger charge is -2.20. The number of urea groups is 1. The molecule has 2 aromatic heterocycles. The summed E-state index contributed by atoms with van der Waals surface area (Å²) >= 11 is 0. The number of furan rings is 1. The van der Waals surface area contributed by atoms with Crippen molar-refractivity contribution in [3.05, 3.63) is 53.4 Å². The lowest BCUT2D eigenvalue weighted by Crippen LogP contribution is -2.40. The molecule has 2 amide bonds. The highest BCUT2D eigenvalue weighted by Crippen LogP contribution is 2.39. The third-order valence-corrected chi connectivity index (χ3v) is 3.90. The first-order valence-corrected chi connectivity index (χ1v) is 7.80. The number of nitrogens with zero attached hydrogens (tertiary/aromatic N) is 1. The number of rotatable bonds is 3. The van der Waals surface area contributed by atoms with Crippen LogP contribution >= 0.6 is 0 Å². The van der Waals surface area contributed by atoms with E-state index < -0.39 is 41.2 Å². The molecule has 0 aliphatic carbocycles. The number of alkyl halides is 3. The molecule has 6 nitrogen and oxygen atoms in total. The van der Waals surface area contributed by atoms with E-state index in [2.05, 4.69) is 10.3 Å². The summed E-state index contributed by atoms with van der Waals surface area (Å²) in [5.74, 6) is -2.71. The SMILES string of the molecule is Cc1c(C(NC(=O)Nc2ccc(N)nc2)C(F)(F)F)oc2c(F)cc(F)cc12. The molecule has 0 spiro atoms. The van der Waals surface area contributed by atoms with Crippen molar-refractivity contribution in [2.24, 2.45) is 0 Å². The fourth-order valence-electron chi connectivity index (χ4n) is 2.61. The second-order valence-corrected chi connectivity index (χ2v) is 5.90. The van der Waals surface area contributed by atoms with Crippen LogP contribution in [0.25, 0.3) is 11.0 Å². The first kappa shape index (κ1) is 19.4. The Labute approximate surface area is 154 Å². The predicted octanol–water partition coefficient (Wildman–Crippen LogP) is 4.42. The third-order valence-electron chi connectivity index (χ3n) is 3.90. The molecule has 3 aromatic rings. The number of hydrogen-bond donors (Lipinski definition) is 3.